The fourth-order valence-corrected chi connectivity index (χ4v) is 2.17. The van der Waals surface area contributed by atoms with Gasteiger partial charge in [-0.3, -0.25) is 4.79 Å². The summed E-state index contributed by atoms with van der Waals surface area (Å²) < 4.78 is 0. The molecule has 1 N–H and O–H groups in total. The van der Waals surface area contributed by atoms with E-state index in [9.17, 15) is 9.59 Å². The number of thiazole rings is 1. The lowest BCUT2D eigenvalue weighted by Gasteiger charge is -2.16. The molecule has 0 unspecified atom stereocenters. The molecule has 98 valence electrons. The summed E-state index contributed by atoms with van der Waals surface area (Å²) in [5, 5.41) is 11.4. The number of amides is 1. The van der Waals surface area contributed by atoms with Gasteiger partial charge in [-0.15, -0.1) is 11.3 Å². The molecule has 0 saturated carbocycles. The molecule has 0 aliphatic carbocycles. The van der Waals surface area contributed by atoms with Gasteiger partial charge < -0.3 is 10.0 Å². The van der Waals surface area contributed by atoms with E-state index in [2.05, 4.69) is 4.98 Å². The van der Waals surface area contributed by atoms with E-state index in [4.69, 9.17) is 5.11 Å². The second kappa shape index (κ2) is 5.19. The first-order valence-corrected chi connectivity index (χ1v) is 6.40. The molecule has 0 radical (unpaired) electrons. The maximum Gasteiger partial charge on any atom is 0.335 e. The lowest BCUT2D eigenvalue weighted by molar-refractivity contribution is 0.0696. The standard InChI is InChI=1S/C13H12N2O3S/c1-8-14-11(7-19-8)12(16)15(2)10-5-3-9(4-6-10)13(17)18/h3-7H,1-2H3,(H,17,18). The van der Waals surface area contributed by atoms with Crippen molar-refractivity contribution in [1.82, 2.24) is 4.98 Å². The Kier molecular flexibility index (Phi) is 3.62. The molecular weight excluding hydrogens is 264 g/mol. The van der Waals surface area contributed by atoms with Gasteiger partial charge in [-0.1, -0.05) is 0 Å². The fraction of sp³-hybridized carbons (Fsp3) is 0.154. The Balaban J connectivity index is 2.21. The minimum atomic E-state index is -0.990. The maximum atomic E-state index is 12.1. The van der Waals surface area contributed by atoms with Gasteiger partial charge in [0.1, 0.15) is 5.69 Å². The highest BCUT2D eigenvalue weighted by Gasteiger charge is 2.16. The third-order valence-corrected chi connectivity index (χ3v) is 3.42. The summed E-state index contributed by atoms with van der Waals surface area (Å²) in [5.74, 6) is -1.21. The van der Waals surface area contributed by atoms with E-state index in [0.717, 1.165) is 5.01 Å². The quantitative estimate of drug-likeness (QED) is 0.934. The number of rotatable bonds is 3. The summed E-state index contributed by atoms with van der Waals surface area (Å²) in [5.41, 5.74) is 1.21. The van der Waals surface area contributed by atoms with Crippen LogP contribution in [0.25, 0.3) is 0 Å². The van der Waals surface area contributed by atoms with Crippen molar-refractivity contribution in [3.63, 3.8) is 0 Å². The highest BCUT2D eigenvalue weighted by Crippen LogP contribution is 2.17. The summed E-state index contributed by atoms with van der Waals surface area (Å²) in [6.45, 7) is 1.84. The van der Waals surface area contributed by atoms with Crippen LogP contribution < -0.4 is 4.90 Å². The third kappa shape index (κ3) is 2.79. The molecule has 0 fully saturated rings. The highest BCUT2D eigenvalue weighted by molar-refractivity contribution is 7.09. The van der Waals surface area contributed by atoms with Gasteiger partial charge in [0.15, 0.2) is 0 Å². The molecule has 1 amide bonds. The number of carboxylic acids is 1. The van der Waals surface area contributed by atoms with Gasteiger partial charge in [0.05, 0.1) is 10.6 Å². The number of aromatic carboxylic acids is 1. The van der Waals surface area contributed by atoms with E-state index in [-0.39, 0.29) is 11.5 Å². The van der Waals surface area contributed by atoms with Crippen molar-refractivity contribution in [3.8, 4) is 0 Å². The van der Waals surface area contributed by atoms with Crippen molar-refractivity contribution < 1.29 is 14.7 Å². The SMILES string of the molecule is Cc1nc(C(=O)N(C)c2ccc(C(=O)O)cc2)cs1. The zero-order chi connectivity index (χ0) is 14.0. The van der Waals surface area contributed by atoms with Crippen molar-refractivity contribution in [1.29, 1.82) is 0 Å². The van der Waals surface area contributed by atoms with E-state index < -0.39 is 5.97 Å². The molecule has 5 nitrogen and oxygen atoms in total. The summed E-state index contributed by atoms with van der Waals surface area (Å²) in [7, 11) is 1.63. The largest absolute Gasteiger partial charge is 0.478 e. The molecule has 0 aliphatic rings. The minimum absolute atomic E-state index is 0.189. The topological polar surface area (TPSA) is 70.5 Å². The number of anilines is 1. The molecule has 1 aromatic heterocycles. The monoisotopic (exact) mass is 276 g/mol. The summed E-state index contributed by atoms with van der Waals surface area (Å²) in [6.07, 6.45) is 0. The van der Waals surface area contributed by atoms with Gasteiger partial charge in [0.2, 0.25) is 0 Å². The Hall–Kier alpha value is -2.21. The first kappa shape index (κ1) is 13.2. The lowest BCUT2D eigenvalue weighted by atomic mass is 10.2. The van der Waals surface area contributed by atoms with E-state index in [1.165, 1.54) is 28.4 Å². The van der Waals surface area contributed by atoms with Gasteiger partial charge in [-0.25, -0.2) is 9.78 Å². The Morgan fingerprint density at radius 1 is 1.26 bits per heavy atom. The van der Waals surface area contributed by atoms with Crippen LogP contribution in [0.5, 0.6) is 0 Å². The molecule has 2 aromatic rings. The molecule has 1 heterocycles. The van der Waals surface area contributed by atoms with Crippen molar-refractivity contribution in [2.24, 2.45) is 0 Å². The van der Waals surface area contributed by atoms with E-state index >= 15 is 0 Å². The van der Waals surface area contributed by atoms with E-state index in [0.29, 0.717) is 11.4 Å². The highest BCUT2D eigenvalue weighted by atomic mass is 32.1. The number of benzene rings is 1. The number of aryl methyl sites for hydroxylation is 1. The molecule has 0 atom stereocenters. The fourth-order valence-electron chi connectivity index (χ4n) is 1.58. The van der Waals surface area contributed by atoms with E-state index in [1.807, 2.05) is 6.92 Å². The van der Waals surface area contributed by atoms with Gasteiger partial charge >= 0.3 is 5.97 Å². The van der Waals surface area contributed by atoms with Gasteiger partial charge in [0.25, 0.3) is 5.91 Å². The van der Waals surface area contributed by atoms with Crippen LogP contribution in [-0.4, -0.2) is 29.0 Å². The lowest BCUT2D eigenvalue weighted by Crippen LogP contribution is -2.26. The second-order valence-electron chi connectivity index (χ2n) is 3.97. The van der Waals surface area contributed by atoms with Gasteiger partial charge in [-0.2, -0.15) is 0 Å². The van der Waals surface area contributed by atoms with Crippen LogP contribution in [0.2, 0.25) is 0 Å². The number of hydrogen-bond acceptors (Lipinski definition) is 4. The molecule has 19 heavy (non-hydrogen) atoms. The molecule has 0 bridgehead atoms. The minimum Gasteiger partial charge on any atom is -0.478 e. The zero-order valence-corrected chi connectivity index (χ0v) is 11.3. The number of hydrogen-bond donors (Lipinski definition) is 1. The average Bonchev–Trinajstić information content (AvgIpc) is 2.84. The Bertz CT molecular complexity index is 619. The predicted octanol–water partition coefficient (Wildman–Crippen LogP) is 2.43. The summed E-state index contributed by atoms with van der Waals surface area (Å²) >= 11 is 1.42. The Morgan fingerprint density at radius 3 is 2.37 bits per heavy atom. The van der Waals surface area contributed by atoms with Crippen molar-refractivity contribution >= 4 is 28.9 Å². The smallest absolute Gasteiger partial charge is 0.335 e. The average molecular weight is 276 g/mol. The molecule has 0 aliphatic heterocycles. The normalized spacial score (nSPS) is 10.2. The van der Waals surface area contributed by atoms with E-state index in [1.54, 1.807) is 24.6 Å². The molecular formula is C13H12N2O3S. The predicted molar refractivity (Wildman–Crippen MR) is 73.0 cm³/mol. The van der Waals surface area contributed by atoms with Crippen molar-refractivity contribution in [3.05, 3.63) is 45.9 Å². The third-order valence-electron chi connectivity index (χ3n) is 2.64. The van der Waals surface area contributed by atoms with Crippen LogP contribution >= 0.6 is 11.3 Å². The Labute approximate surface area is 114 Å². The van der Waals surface area contributed by atoms with Crippen molar-refractivity contribution in [2.45, 2.75) is 6.92 Å². The van der Waals surface area contributed by atoms with Crippen LogP contribution in [0.4, 0.5) is 5.69 Å². The first-order chi connectivity index (χ1) is 8.99. The number of carbonyl (C=O) groups is 2. The molecule has 1 aromatic carbocycles. The van der Waals surface area contributed by atoms with Crippen LogP contribution in [0.15, 0.2) is 29.6 Å². The molecule has 2 rings (SSSR count). The maximum absolute atomic E-state index is 12.1. The summed E-state index contributed by atoms with van der Waals surface area (Å²) in [6, 6.07) is 6.13. The number of carbonyl (C=O) groups excluding carboxylic acids is 1. The van der Waals surface area contributed by atoms with Crippen molar-refractivity contribution in [2.75, 3.05) is 11.9 Å². The number of carboxylic acid groups (broad SMARTS) is 1. The van der Waals surface area contributed by atoms with Gasteiger partial charge in [0, 0.05) is 18.1 Å². The second-order valence-corrected chi connectivity index (χ2v) is 5.03. The first-order valence-electron chi connectivity index (χ1n) is 5.52. The number of nitrogens with zero attached hydrogens (tertiary/aromatic N) is 2. The van der Waals surface area contributed by atoms with Crippen LogP contribution in [0, 0.1) is 6.92 Å². The molecule has 0 spiro atoms. The Morgan fingerprint density at radius 2 is 1.89 bits per heavy atom. The molecule has 6 heteroatoms. The van der Waals surface area contributed by atoms with Crippen LogP contribution in [-0.2, 0) is 0 Å². The summed E-state index contributed by atoms with van der Waals surface area (Å²) in [4.78, 5) is 28.5. The van der Waals surface area contributed by atoms with Gasteiger partial charge in [-0.05, 0) is 31.2 Å². The van der Waals surface area contributed by atoms with Crippen LogP contribution in [0.1, 0.15) is 25.9 Å². The zero-order valence-electron chi connectivity index (χ0n) is 10.5. The number of aromatic nitrogens is 1. The van der Waals surface area contributed by atoms with Crippen LogP contribution in [0.3, 0.4) is 0 Å². The molecule has 0 saturated heterocycles.